The summed E-state index contributed by atoms with van der Waals surface area (Å²) in [6, 6.07) is 4.35. The Hall–Kier alpha value is -2.70. The zero-order valence-corrected chi connectivity index (χ0v) is 25.7. The highest BCUT2D eigenvalue weighted by atomic mass is 19.4. The average molecular weight is 753 g/mol. The number of carbonyl (C=O) groups is 1. The van der Waals surface area contributed by atoms with Crippen molar-refractivity contribution in [2.45, 2.75) is 125 Å². The first-order valence-electron chi connectivity index (χ1n) is 14.8. The Labute approximate surface area is 269 Å². The summed E-state index contributed by atoms with van der Waals surface area (Å²) in [5.74, 6) is -58.4. The van der Waals surface area contributed by atoms with Crippen molar-refractivity contribution >= 4 is 5.97 Å². The Morgan fingerprint density at radius 2 is 0.898 bits per heavy atom. The molecule has 20 heteroatoms. The van der Waals surface area contributed by atoms with Crippen molar-refractivity contribution in [3.05, 3.63) is 29.8 Å². The minimum atomic E-state index is -8.70. The maximum atomic E-state index is 14.0. The normalized spacial score (nSPS) is 14.2. The highest BCUT2D eigenvalue weighted by Gasteiger charge is 2.95. The van der Waals surface area contributed by atoms with Gasteiger partial charge in [-0.1, -0.05) is 64.7 Å². The number of halogens is 17. The molecule has 0 bridgehead atoms. The van der Waals surface area contributed by atoms with E-state index in [-0.39, 0.29) is 12.4 Å². The topological polar surface area (TPSA) is 35.5 Å². The molecule has 3 nitrogen and oxygen atoms in total. The van der Waals surface area contributed by atoms with E-state index >= 15 is 0 Å². The van der Waals surface area contributed by atoms with Crippen LogP contribution in [-0.4, -0.2) is 66.8 Å². The van der Waals surface area contributed by atoms with Crippen LogP contribution < -0.4 is 4.74 Å². The highest BCUT2D eigenvalue weighted by Crippen LogP contribution is 2.64. The van der Waals surface area contributed by atoms with Crippen molar-refractivity contribution in [2.75, 3.05) is 13.2 Å². The quantitative estimate of drug-likeness (QED) is 0.0672. The SMILES string of the molecule is CCCCCCCCCCCCOc1ccc(C(=O)OCCC(F)(F)C(F)(F)C(F)(F)C(F)(F)C(F)(F)C(F)(F)C(F)(F)C(F)(F)F)cc1. The molecule has 0 atom stereocenters. The second-order valence-electron chi connectivity index (χ2n) is 11.1. The van der Waals surface area contributed by atoms with Crippen LogP contribution in [0.1, 0.15) is 87.9 Å². The summed E-state index contributed by atoms with van der Waals surface area (Å²) < 4.78 is 237. The van der Waals surface area contributed by atoms with Gasteiger partial charge >= 0.3 is 53.6 Å². The van der Waals surface area contributed by atoms with Gasteiger partial charge in [-0.15, -0.1) is 0 Å². The van der Waals surface area contributed by atoms with Crippen LogP contribution in [0.2, 0.25) is 0 Å². The summed E-state index contributed by atoms with van der Waals surface area (Å²) in [4.78, 5) is 12.0. The van der Waals surface area contributed by atoms with Gasteiger partial charge in [0, 0.05) is 0 Å². The van der Waals surface area contributed by atoms with Crippen LogP contribution in [0.15, 0.2) is 24.3 Å². The molecule has 0 spiro atoms. The van der Waals surface area contributed by atoms with Crippen molar-refractivity contribution in [3.8, 4) is 5.75 Å². The van der Waals surface area contributed by atoms with E-state index in [1.165, 1.54) is 31.4 Å². The smallest absolute Gasteiger partial charge is 0.460 e. The summed E-state index contributed by atoms with van der Waals surface area (Å²) in [7, 11) is 0. The zero-order valence-electron chi connectivity index (χ0n) is 25.7. The molecule has 1 rings (SSSR count). The predicted octanol–water partition coefficient (Wildman–Crippen LogP) is 11.5. The van der Waals surface area contributed by atoms with Crippen LogP contribution in [0.4, 0.5) is 74.6 Å². The van der Waals surface area contributed by atoms with E-state index in [9.17, 15) is 79.4 Å². The van der Waals surface area contributed by atoms with Crippen LogP contribution in [0, 0.1) is 0 Å². The number of benzene rings is 1. The number of esters is 1. The van der Waals surface area contributed by atoms with Crippen LogP contribution >= 0.6 is 0 Å². The molecule has 0 aliphatic heterocycles. The molecule has 0 amide bonds. The zero-order chi connectivity index (χ0) is 38.2. The number of carbonyl (C=O) groups excluding carboxylic acids is 1. The fourth-order valence-corrected chi connectivity index (χ4v) is 4.18. The second kappa shape index (κ2) is 16.5. The van der Waals surface area contributed by atoms with Crippen LogP contribution in [-0.2, 0) is 4.74 Å². The lowest BCUT2D eigenvalue weighted by atomic mass is 9.88. The number of ether oxygens (including phenoxy) is 2. The van der Waals surface area contributed by atoms with Crippen molar-refractivity contribution < 1.29 is 88.9 Å². The molecule has 0 aliphatic carbocycles. The second-order valence-corrected chi connectivity index (χ2v) is 11.1. The van der Waals surface area contributed by atoms with Gasteiger partial charge in [0.05, 0.1) is 25.2 Å². The first kappa shape index (κ1) is 44.3. The summed E-state index contributed by atoms with van der Waals surface area (Å²) in [6.07, 6.45) is -0.0604. The predicted molar refractivity (Wildman–Crippen MR) is 139 cm³/mol. The summed E-state index contributed by atoms with van der Waals surface area (Å²) in [5, 5.41) is 0. The molecule has 0 aromatic heterocycles. The van der Waals surface area contributed by atoms with Crippen molar-refractivity contribution in [1.82, 2.24) is 0 Å². The molecule has 0 N–H and O–H groups in total. The molecule has 0 radical (unpaired) electrons. The molecule has 0 saturated carbocycles. The Bertz CT molecular complexity index is 1170. The number of hydrogen-bond donors (Lipinski definition) is 0. The van der Waals surface area contributed by atoms with Crippen LogP contribution in [0.3, 0.4) is 0 Å². The van der Waals surface area contributed by atoms with E-state index in [2.05, 4.69) is 11.7 Å². The van der Waals surface area contributed by atoms with Crippen LogP contribution in [0.5, 0.6) is 5.75 Å². The van der Waals surface area contributed by atoms with Gasteiger partial charge in [0.25, 0.3) is 0 Å². The fourth-order valence-electron chi connectivity index (χ4n) is 4.18. The van der Waals surface area contributed by atoms with Gasteiger partial charge in [-0.2, -0.15) is 74.6 Å². The largest absolute Gasteiger partial charge is 0.494 e. The Morgan fingerprint density at radius 3 is 1.33 bits per heavy atom. The summed E-state index contributed by atoms with van der Waals surface area (Å²) in [6.45, 7) is 0.389. The lowest BCUT2D eigenvalue weighted by molar-refractivity contribution is -0.461. The number of rotatable bonds is 22. The first-order valence-corrected chi connectivity index (χ1v) is 14.8. The molecular weight excluding hydrogens is 719 g/mol. The van der Waals surface area contributed by atoms with E-state index < -0.39 is 72.2 Å². The molecule has 0 aliphatic rings. The fraction of sp³-hybridized carbons (Fsp3) is 0.759. The third-order valence-electron chi connectivity index (χ3n) is 7.29. The van der Waals surface area contributed by atoms with Crippen LogP contribution in [0.25, 0.3) is 0 Å². The number of unbranched alkanes of at least 4 members (excludes halogenated alkanes) is 9. The lowest BCUT2D eigenvalue weighted by Gasteiger charge is -2.42. The Morgan fingerprint density at radius 1 is 0.510 bits per heavy atom. The highest BCUT2D eigenvalue weighted by molar-refractivity contribution is 5.89. The van der Waals surface area contributed by atoms with E-state index in [1.807, 2.05) is 0 Å². The van der Waals surface area contributed by atoms with Gasteiger partial charge < -0.3 is 9.47 Å². The maximum absolute atomic E-state index is 14.0. The van der Waals surface area contributed by atoms with Gasteiger partial charge in [-0.3, -0.25) is 0 Å². The molecule has 0 saturated heterocycles. The van der Waals surface area contributed by atoms with Crippen molar-refractivity contribution in [1.29, 1.82) is 0 Å². The molecule has 0 unspecified atom stereocenters. The Kier molecular flexibility index (Phi) is 15.0. The average Bonchev–Trinajstić information content (AvgIpc) is 2.98. The number of alkyl halides is 17. The van der Waals surface area contributed by atoms with Gasteiger partial charge in [0.15, 0.2) is 0 Å². The standard InChI is InChI=1S/C29H33F17O3/c1-2-3-4-5-6-7-8-9-10-11-17-48-20-14-12-19(13-15-20)21(47)49-18-16-22(30,31)23(32,33)24(34,35)25(36,37)26(38,39)27(40,41)28(42,43)29(44,45)46/h12-15H,2-11,16-18H2,1H3. The molecular formula is C29H33F17O3. The maximum Gasteiger partial charge on any atom is 0.460 e. The van der Waals surface area contributed by atoms with Gasteiger partial charge in [0.1, 0.15) is 5.75 Å². The minimum absolute atomic E-state index is 0.220. The third kappa shape index (κ3) is 9.55. The lowest BCUT2D eigenvalue weighted by Crippen LogP contribution is -2.74. The minimum Gasteiger partial charge on any atom is -0.494 e. The third-order valence-corrected chi connectivity index (χ3v) is 7.29. The van der Waals surface area contributed by atoms with E-state index in [1.54, 1.807) is 0 Å². The Balaban J connectivity index is 2.78. The molecule has 286 valence electrons. The molecule has 1 aromatic carbocycles. The van der Waals surface area contributed by atoms with Gasteiger partial charge in [0.2, 0.25) is 0 Å². The molecule has 49 heavy (non-hydrogen) atoms. The van der Waals surface area contributed by atoms with Crippen molar-refractivity contribution in [2.24, 2.45) is 0 Å². The van der Waals surface area contributed by atoms with E-state index in [4.69, 9.17) is 4.74 Å². The van der Waals surface area contributed by atoms with Gasteiger partial charge in [-0.05, 0) is 30.7 Å². The molecule has 1 aromatic rings. The molecule has 0 heterocycles. The van der Waals surface area contributed by atoms with E-state index in [0.717, 1.165) is 50.7 Å². The van der Waals surface area contributed by atoms with Crippen molar-refractivity contribution in [3.63, 3.8) is 0 Å². The number of hydrogen-bond acceptors (Lipinski definition) is 3. The van der Waals surface area contributed by atoms with E-state index in [0.29, 0.717) is 6.42 Å². The first-order chi connectivity index (χ1) is 22.2. The summed E-state index contributed by atoms with van der Waals surface area (Å²) >= 11 is 0. The molecule has 0 fully saturated rings. The summed E-state index contributed by atoms with van der Waals surface area (Å²) in [5.41, 5.74) is -0.467. The monoisotopic (exact) mass is 752 g/mol. The van der Waals surface area contributed by atoms with Gasteiger partial charge in [-0.25, -0.2) is 4.79 Å².